The number of rotatable bonds is 8. The maximum Gasteiger partial charge on any atom is 0.253 e. The van der Waals surface area contributed by atoms with Gasteiger partial charge in [-0.3, -0.25) is 13.9 Å². The molecule has 2 amide bonds. The van der Waals surface area contributed by atoms with Gasteiger partial charge in [-0.2, -0.15) is 0 Å². The third-order valence-corrected chi connectivity index (χ3v) is 6.18. The molecule has 0 saturated heterocycles. The second kappa shape index (κ2) is 9.96. The summed E-state index contributed by atoms with van der Waals surface area (Å²) < 4.78 is 26.2. The van der Waals surface area contributed by atoms with Crippen LogP contribution in [-0.4, -0.2) is 39.1 Å². The van der Waals surface area contributed by atoms with Gasteiger partial charge in [0.25, 0.3) is 5.91 Å². The highest BCUT2D eigenvalue weighted by atomic mass is 32.2. The molecule has 2 rings (SSSR count). The largest absolute Gasteiger partial charge is 0.352 e. The van der Waals surface area contributed by atoms with E-state index in [-0.39, 0.29) is 11.8 Å². The molecule has 168 valence electrons. The lowest BCUT2D eigenvalue weighted by Gasteiger charge is -2.29. The van der Waals surface area contributed by atoms with E-state index in [4.69, 9.17) is 0 Å². The number of carbonyl (C=O) groups is 2. The zero-order valence-corrected chi connectivity index (χ0v) is 19.7. The molecule has 0 aliphatic carbocycles. The Morgan fingerprint density at radius 1 is 1.00 bits per heavy atom. The number of para-hydroxylation sites is 1. The normalized spacial score (nSPS) is 12.4. The number of anilines is 2. The molecule has 0 spiro atoms. The summed E-state index contributed by atoms with van der Waals surface area (Å²) in [6, 6.07) is 10.9. The minimum atomic E-state index is -3.74. The number of hydrogen-bond acceptors (Lipinski definition) is 4. The van der Waals surface area contributed by atoms with E-state index >= 15 is 0 Å². The van der Waals surface area contributed by atoms with Crippen molar-refractivity contribution in [2.75, 3.05) is 22.4 Å². The van der Waals surface area contributed by atoms with Crippen molar-refractivity contribution in [3.8, 4) is 0 Å². The number of benzene rings is 2. The van der Waals surface area contributed by atoms with Gasteiger partial charge in [0.2, 0.25) is 15.9 Å². The Hall–Kier alpha value is -2.87. The Labute approximate surface area is 184 Å². The third kappa shape index (κ3) is 6.30. The summed E-state index contributed by atoms with van der Waals surface area (Å²) in [6.45, 7) is 9.82. The highest BCUT2D eigenvalue weighted by Gasteiger charge is 2.30. The molecule has 0 saturated carbocycles. The zero-order valence-electron chi connectivity index (χ0n) is 18.9. The van der Waals surface area contributed by atoms with Crippen molar-refractivity contribution in [3.05, 3.63) is 59.2 Å². The highest BCUT2D eigenvalue weighted by Crippen LogP contribution is 2.25. The van der Waals surface area contributed by atoms with Gasteiger partial charge in [0.1, 0.15) is 6.04 Å². The average molecular weight is 446 g/mol. The molecule has 0 bridgehead atoms. The molecule has 0 unspecified atom stereocenters. The molecule has 0 fully saturated rings. The van der Waals surface area contributed by atoms with Crippen LogP contribution >= 0.6 is 0 Å². The molecule has 0 aliphatic rings. The lowest BCUT2D eigenvalue weighted by molar-refractivity contribution is -0.116. The summed E-state index contributed by atoms with van der Waals surface area (Å²) in [4.78, 5) is 25.6. The molecule has 7 nitrogen and oxygen atoms in total. The van der Waals surface area contributed by atoms with Crippen molar-refractivity contribution >= 4 is 33.2 Å². The van der Waals surface area contributed by atoms with Gasteiger partial charge in [-0.15, -0.1) is 0 Å². The number of hydrogen-bond donors (Lipinski definition) is 2. The monoisotopic (exact) mass is 445 g/mol. The van der Waals surface area contributed by atoms with Gasteiger partial charge in [-0.1, -0.05) is 32.0 Å². The predicted molar refractivity (Wildman–Crippen MR) is 125 cm³/mol. The van der Waals surface area contributed by atoms with Crippen LogP contribution in [0, 0.1) is 19.8 Å². The van der Waals surface area contributed by atoms with Crippen LogP contribution in [0.2, 0.25) is 0 Å². The third-order valence-electron chi connectivity index (χ3n) is 4.93. The van der Waals surface area contributed by atoms with Gasteiger partial charge in [-0.05, 0) is 62.1 Å². The summed E-state index contributed by atoms with van der Waals surface area (Å²) in [5, 5.41) is 5.55. The van der Waals surface area contributed by atoms with E-state index in [0.29, 0.717) is 23.5 Å². The molecule has 31 heavy (non-hydrogen) atoms. The lowest BCUT2D eigenvalue weighted by atomic mass is 10.1. The maximum absolute atomic E-state index is 13.0. The molecule has 0 aromatic heterocycles. The topological polar surface area (TPSA) is 95.6 Å². The van der Waals surface area contributed by atoms with E-state index in [0.717, 1.165) is 21.7 Å². The van der Waals surface area contributed by atoms with E-state index < -0.39 is 22.0 Å². The smallest absolute Gasteiger partial charge is 0.253 e. The highest BCUT2D eigenvalue weighted by molar-refractivity contribution is 7.92. The summed E-state index contributed by atoms with van der Waals surface area (Å²) in [7, 11) is -3.74. The van der Waals surface area contributed by atoms with Crippen LogP contribution in [0.5, 0.6) is 0 Å². The Bertz CT molecular complexity index is 1060. The molecule has 2 N–H and O–H groups in total. The van der Waals surface area contributed by atoms with Crippen molar-refractivity contribution < 1.29 is 18.0 Å². The van der Waals surface area contributed by atoms with E-state index in [1.807, 2.05) is 33.8 Å². The average Bonchev–Trinajstić information content (AvgIpc) is 2.68. The summed E-state index contributed by atoms with van der Waals surface area (Å²) in [5.41, 5.74) is 3.01. The minimum Gasteiger partial charge on any atom is -0.352 e. The zero-order chi connectivity index (χ0) is 23.3. The first-order chi connectivity index (χ1) is 14.4. The number of sulfonamides is 1. The summed E-state index contributed by atoms with van der Waals surface area (Å²) >= 11 is 0. The number of aryl methyl sites for hydroxylation is 2. The van der Waals surface area contributed by atoms with E-state index in [9.17, 15) is 18.0 Å². The van der Waals surface area contributed by atoms with Crippen LogP contribution in [0.4, 0.5) is 11.4 Å². The van der Waals surface area contributed by atoms with Crippen molar-refractivity contribution in [3.63, 3.8) is 0 Å². The first kappa shape index (κ1) is 24.4. The van der Waals surface area contributed by atoms with Crippen LogP contribution in [-0.2, 0) is 14.8 Å². The first-order valence-corrected chi connectivity index (χ1v) is 12.0. The number of carbonyl (C=O) groups excluding carboxylic acids is 2. The lowest BCUT2D eigenvalue weighted by Crippen LogP contribution is -2.45. The second-order valence-electron chi connectivity index (χ2n) is 8.14. The summed E-state index contributed by atoms with van der Waals surface area (Å²) in [5.74, 6) is -0.550. The molecular formula is C23H31N3O4S. The maximum atomic E-state index is 13.0. The molecule has 2 aromatic rings. The fraction of sp³-hybridized carbons (Fsp3) is 0.391. The standard InChI is InChI=1S/C23H31N3O4S/c1-15(2)14-24-23(28)20-9-7-8-10-21(20)25-22(27)18(5)26(31(6,29)30)19-12-11-16(3)17(4)13-19/h7-13,15,18H,14H2,1-6H3,(H,24,28)(H,25,27)/t18-/m0/s1. The minimum absolute atomic E-state index is 0.284. The Morgan fingerprint density at radius 3 is 2.23 bits per heavy atom. The van der Waals surface area contributed by atoms with Gasteiger partial charge in [0.15, 0.2) is 0 Å². The van der Waals surface area contributed by atoms with Crippen LogP contribution in [0.3, 0.4) is 0 Å². The second-order valence-corrected chi connectivity index (χ2v) is 10.0. The number of nitrogens with one attached hydrogen (secondary N) is 2. The van der Waals surface area contributed by atoms with E-state index in [1.165, 1.54) is 6.92 Å². The van der Waals surface area contributed by atoms with E-state index in [2.05, 4.69) is 10.6 Å². The number of amides is 2. The molecule has 1 atom stereocenters. The fourth-order valence-corrected chi connectivity index (χ4v) is 4.26. The molecule has 0 heterocycles. The van der Waals surface area contributed by atoms with Crippen LogP contribution < -0.4 is 14.9 Å². The summed E-state index contributed by atoms with van der Waals surface area (Å²) in [6.07, 6.45) is 1.07. The number of nitrogens with zero attached hydrogens (tertiary/aromatic N) is 1. The van der Waals surface area contributed by atoms with E-state index in [1.54, 1.807) is 36.4 Å². The first-order valence-electron chi connectivity index (χ1n) is 10.2. The van der Waals surface area contributed by atoms with Gasteiger partial charge in [-0.25, -0.2) is 8.42 Å². The fourth-order valence-electron chi connectivity index (χ4n) is 3.09. The Morgan fingerprint density at radius 2 is 1.65 bits per heavy atom. The Balaban J connectivity index is 2.31. The molecule has 0 aliphatic heterocycles. The van der Waals surface area contributed by atoms with Gasteiger partial charge in [0.05, 0.1) is 23.2 Å². The van der Waals surface area contributed by atoms with Crippen molar-refractivity contribution in [2.45, 2.75) is 40.7 Å². The molecule has 0 radical (unpaired) electrons. The predicted octanol–water partition coefficient (Wildman–Crippen LogP) is 3.48. The Kier molecular flexibility index (Phi) is 7.84. The van der Waals surface area contributed by atoms with Crippen LogP contribution in [0.15, 0.2) is 42.5 Å². The quantitative estimate of drug-likeness (QED) is 0.650. The van der Waals surface area contributed by atoms with Crippen molar-refractivity contribution in [2.24, 2.45) is 5.92 Å². The van der Waals surface area contributed by atoms with Gasteiger partial charge in [0, 0.05) is 6.54 Å². The van der Waals surface area contributed by atoms with Crippen molar-refractivity contribution in [1.29, 1.82) is 0 Å². The molecular weight excluding hydrogens is 414 g/mol. The SMILES string of the molecule is Cc1ccc(N([C@@H](C)C(=O)Nc2ccccc2C(=O)NCC(C)C)S(C)(=O)=O)cc1C. The molecule has 2 aromatic carbocycles. The van der Waals surface area contributed by atoms with Crippen molar-refractivity contribution in [1.82, 2.24) is 5.32 Å². The van der Waals surface area contributed by atoms with Crippen LogP contribution in [0.25, 0.3) is 0 Å². The van der Waals surface area contributed by atoms with Gasteiger partial charge >= 0.3 is 0 Å². The molecule has 8 heteroatoms. The van der Waals surface area contributed by atoms with Crippen LogP contribution in [0.1, 0.15) is 42.3 Å². The van der Waals surface area contributed by atoms with Gasteiger partial charge < -0.3 is 10.6 Å².